The monoisotopic (exact) mass is 246 g/mol. The molecule has 2 aliphatic carbocycles. The molecule has 0 heterocycles. The van der Waals surface area contributed by atoms with Crippen molar-refractivity contribution in [3.05, 3.63) is 0 Å². The molecule has 0 radical (unpaired) electrons. The van der Waals surface area contributed by atoms with Crippen LogP contribution in [0.1, 0.15) is 64.7 Å². The zero-order valence-corrected chi connectivity index (χ0v) is 10.7. The van der Waals surface area contributed by atoms with E-state index in [0.29, 0.717) is 18.8 Å². The molecule has 0 saturated heterocycles. The Morgan fingerprint density at radius 3 is 2.47 bits per heavy atom. The third kappa shape index (κ3) is 3.64. The normalized spacial score (nSPS) is 42.4. The summed E-state index contributed by atoms with van der Waals surface area (Å²) >= 11 is 0. The number of hydrogen-bond acceptors (Lipinski definition) is 1. The van der Waals surface area contributed by atoms with Crippen molar-refractivity contribution >= 4 is 0 Å². The third-order valence-electron chi connectivity index (χ3n) is 4.48. The summed E-state index contributed by atoms with van der Waals surface area (Å²) in [6.07, 6.45) is 5.92. The fourth-order valence-electron chi connectivity index (χ4n) is 3.81. The molecule has 3 atom stereocenters. The van der Waals surface area contributed by atoms with Crippen LogP contribution in [0.4, 0.5) is 8.78 Å². The van der Waals surface area contributed by atoms with E-state index in [1.807, 2.05) is 0 Å². The van der Waals surface area contributed by atoms with Crippen molar-refractivity contribution in [1.82, 2.24) is 0 Å². The van der Waals surface area contributed by atoms with Crippen molar-refractivity contribution < 1.29 is 13.9 Å². The molecular weight excluding hydrogens is 222 g/mol. The molecule has 2 saturated carbocycles. The van der Waals surface area contributed by atoms with Gasteiger partial charge in [-0.1, -0.05) is 19.8 Å². The van der Waals surface area contributed by atoms with E-state index in [-0.39, 0.29) is 18.8 Å². The lowest BCUT2D eigenvalue weighted by Gasteiger charge is -2.40. The van der Waals surface area contributed by atoms with Gasteiger partial charge in [0, 0.05) is 12.8 Å². The number of rotatable bonds is 2. The predicted octanol–water partition coefficient (Wildman–Crippen LogP) is 4.14. The molecule has 0 spiro atoms. The number of alkyl halides is 2. The minimum absolute atomic E-state index is 0.0102. The lowest BCUT2D eigenvalue weighted by atomic mass is 9.71. The van der Waals surface area contributed by atoms with Crippen LogP contribution in [0.25, 0.3) is 0 Å². The zero-order valence-electron chi connectivity index (χ0n) is 10.7. The van der Waals surface area contributed by atoms with Gasteiger partial charge in [0.15, 0.2) is 0 Å². The zero-order chi connectivity index (χ0) is 12.5. The molecule has 0 bridgehead atoms. The second-order valence-electron chi connectivity index (χ2n) is 6.45. The van der Waals surface area contributed by atoms with Crippen LogP contribution < -0.4 is 0 Å². The molecule has 1 N–H and O–H groups in total. The Kier molecular flexibility index (Phi) is 3.77. The molecule has 0 amide bonds. The largest absolute Gasteiger partial charge is 0.390 e. The average molecular weight is 246 g/mol. The van der Waals surface area contributed by atoms with Crippen molar-refractivity contribution in [3.63, 3.8) is 0 Å². The van der Waals surface area contributed by atoms with Gasteiger partial charge in [0.2, 0.25) is 5.92 Å². The molecular formula is C14H24F2O. The molecule has 3 unspecified atom stereocenters. The van der Waals surface area contributed by atoms with Crippen LogP contribution in [0.15, 0.2) is 0 Å². The Morgan fingerprint density at radius 2 is 1.82 bits per heavy atom. The SMILES string of the molecule is CC1CCCC(O)(CC2CCCC(F)(F)C2)C1. The fraction of sp³-hybridized carbons (Fsp3) is 1.00. The van der Waals surface area contributed by atoms with E-state index in [2.05, 4.69) is 6.92 Å². The van der Waals surface area contributed by atoms with Crippen LogP contribution in [0.3, 0.4) is 0 Å². The minimum Gasteiger partial charge on any atom is -0.390 e. The van der Waals surface area contributed by atoms with Crippen LogP contribution in [-0.4, -0.2) is 16.6 Å². The Bertz CT molecular complexity index is 267. The first-order valence-corrected chi connectivity index (χ1v) is 6.99. The molecule has 3 heteroatoms. The van der Waals surface area contributed by atoms with E-state index < -0.39 is 11.5 Å². The molecule has 2 rings (SSSR count). The first-order chi connectivity index (χ1) is 7.89. The van der Waals surface area contributed by atoms with Gasteiger partial charge in [-0.3, -0.25) is 0 Å². The van der Waals surface area contributed by atoms with E-state index in [1.54, 1.807) is 0 Å². The first kappa shape index (κ1) is 13.3. The molecule has 0 aliphatic heterocycles. The summed E-state index contributed by atoms with van der Waals surface area (Å²) in [5.41, 5.74) is -0.657. The van der Waals surface area contributed by atoms with Gasteiger partial charge in [0.1, 0.15) is 0 Å². The van der Waals surface area contributed by atoms with Gasteiger partial charge in [-0.25, -0.2) is 8.78 Å². The van der Waals surface area contributed by atoms with Crippen LogP contribution in [0.5, 0.6) is 0 Å². The predicted molar refractivity (Wildman–Crippen MR) is 64.1 cm³/mol. The Balaban J connectivity index is 1.91. The summed E-state index contributed by atoms with van der Waals surface area (Å²) < 4.78 is 26.7. The van der Waals surface area contributed by atoms with E-state index in [1.165, 1.54) is 6.42 Å². The van der Waals surface area contributed by atoms with Crippen molar-refractivity contribution in [2.75, 3.05) is 0 Å². The van der Waals surface area contributed by atoms with Crippen LogP contribution in [-0.2, 0) is 0 Å². The Morgan fingerprint density at radius 1 is 1.12 bits per heavy atom. The van der Waals surface area contributed by atoms with E-state index in [9.17, 15) is 13.9 Å². The smallest absolute Gasteiger partial charge is 0.248 e. The Hall–Kier alpha value is -0.180. The van der Waals surface area contributed by atoms with Crippen molar-refractivity contribution in [1.29, 1.82) is 0 Å². The highest BCUT2D eigenvalue weighted by atomic mass is 19.3. The molecule has 2 fully saturated rings. The lowest BCUT2D eigenvalue weighted by molar-refractivity contribution is -0.0822. The number of hydrogen-bond donors (Lipinski definition) is 1. The highest BCUT2D eigenvalue weighted by molar-refractivity contribution is 4.90. The van der Waals surface area contributed by atoms with Crippen molar-refractivity contribution in [3.8, 4) is 0 Å². The topological polar surface area (TPSA) is 20.2 Å². The van der Waals surface area contributed by atoms with Gasteiger partial charge >= 0.3 is 0 Å². The maximum absolute atomic E-state index is 13.3. The van der Waals surface area contributed by atoms with Gasteiger partial charge in [0.25, 0.3) is 0 Å². The van der Waals surface area contributed by atoms with E-state index in [4.69, 9.17) is 0 Å². The van der Waals surface area contributed by atoms with Crippen LogP contribution in [0.2, 0.25) is 0 Å². The summed E-state index contributed by atoms with van der Waals surface area (Å²) in [4.78, 5) is 0. The molecule has 17 heavy (non-hydrogen) atoms. The first-order valence-electron chi connectivity index (χ1n) is 6.99. The molecule has 0 aromatic carbocycles. The van der Waals surface area contributed by atoms with Crippen LogP contribution in [0, 0.1) is 11.8 Å². The minimum atomic E-state index is -2.49. The highest BCUT2D eigenvalue weighted by Gasteiger charge is 2.41. The molecule has 1 nitrogen and oxygen atoms in total. The average Bonchev–Trinajstić information content (AvgIpc) is 2.14. The summed E-state index contributed by atoms with van der Waals surface area (Å²) in [6.45, 7) is 2.15. The number of halogens is 2. The van der Waals surface area contributed by atoms with Gasteiger partial charge < -0.3 is 5.11 Å². The van der Waals surface area contributed by atoms with Crippen molar-refractivity contribution in [2.24, 2.45) is 11.8 Å². The summed E-state index contributed by atoms with van der Waals surface area (Å²) in [7, 11) is 0. The van der Waals surface area contributed by atoms with E-state index in [0.717, 1.165) is 25.7 Å². The summed E-state index contributed by atoms with van der Waals surface area (Å²) in [6, 6.07) is 0. The lowest BCUT2D eigenvalue weighted by Crippen LogP contribution is -2.39. The molecule has 2 aliphatic rings. The molecule has 100 valence electrons. The molecule has 0 aromatic rings. The number of aliphatic hydroxyl groups is 1. The second kappa shape index (κ2) is 4.83. The van der Waals surface area contributed by atoms with Crippen molar-refractivity contribution in [2.45, 2.75) is 76.2 Å². The second-order valence-corrected chi connectivity index (χ2v) is 6.45. The van der Waals surface area contributed by atoms with E-state index >= 15 is 0 Å². The Labute approximate surface area is 103 Å². The fourth-order valence-corrected chi connectivity index (χ4v) is 3.81. The highest BCUT2D eigenvalue weighted by Crippen LogP contribution is 2.43. The van der Waals surface area contributed by atoms with Crippen LogP contribution >= 0.6 is 0 Å². The van der Waals surface area contributed by atoms with Gasteiger partial charge in [-0.2, -0.15) is 0 Å². The summed E-state index contributed by atoms with van der Waals surface area (Å²) in [5, 5.41) is 10.5. The quantitative estimate of drug-likeness (QED) is 0.776. The van der Waals surface area contributed by atoms with Gasteiger partial charge in [0.05, 0.1) is 5.60 Å². The van der Waals surface area contributed by atoms with Gasteiger partial charge in [-0.15, -0.1) is 0 Å². The third-order valence-corrected chi connectivity index (χ3v) is 4.48. The van der Waals surface area contributed by atoms with Gasteiger partial charge in [-0.05, 0) is 43.9 Å². The standard InChI is InChI=1S/C14H24F2O/c1-11-4-2-6-13(17,8-11)9-12-5-3-7-14(15,16)10-12/h11-12,17H,2-10H2,1H3. The maximum Gasteiger partial charge on any atom is 0.248 e. The summed E-state index contributed by atoms with van der Waals surface area (Å²) in [5.74, 6) is -1.92. The molecule has 0 aromatic heterocycles. The maximum atomic E-state index is 13.3.